The lowest BCUT2D eigenvalue weighted by atomic mass is 9.88. The van der Waals surface area contributed by atoms with Crippen LogP contribution in [0.4, 0.5) is 0 Å². The Balaban J connectivity index is 1.45. The predicted molar refractivity (Wildman–Crippen MR) is 164 cm³/mol. The zero-order valence-corrected chi connectivity index (χ0v) is 25.2. The molecule has 2 aliphatic rings. The van der Waals surface area contributed by atoms with Gasteiger partial charge in [0.2, 0.25) is 6.79 Å². The number of fused-ring (bicyclic) bond motifs is 1. The normalized spacial score (nSPS) is 15.7. The van der Waals surface area contributed by atoms with Gasteiger partial charge in [0.25, 0.3) is 0 Å². The van der Waals surface area contributed by atoms with Crippen LogP contribution in [0, 0.1) is 5.92 Å². The van der Waals surface area contributed by atoms with Gasteiger partial charge in [0, 0.05) is 13.0 Å². The van der Waals surface area contributed by atoms with Gasteiger partial charge < -0.3 is 29.0 Å². The van der Waals surface area contributed by atoms with Gasteiger partial charge in [-0.05, 0) is 97.0 Å². The first-order chi connectivity index (χ1) is 20.9. The van der Waals surface area contributed by atoms with Crippen LogP contribution < -0.4 is 24.3 Å². The summed E-state index contributed by atoms with van der Waals surface area (Å²) in [5, 5.41) is 3.20. The summed E-state index contributed by atoms with van der Waals surface area (Å²) in [5.41, 5.74) is 5.21. The number of carbonyl (C=O) groups is 2. The van der Waals surface area contributed by atoms with Crippen LogP contribution in [0.1, 0.15) is 63.1 Å². The molecule has 2 unspecified atom stereocenters. The number of nitrogens with one attached hydrogen (secondary N) is 1. The molecule has 0 aromatic heterocycles. The van der Waals surface area contributed by atoms with Gasteiger partial charge in [-0.25, -0.2) is 0 Å². The summed E-state index contributed by atoms with van der Waals surface area (Å²) >= 11 is 0. The first-order valence-electron chi connectivity index (χ1n) is 14.9. The zero-order valence-electron chi connectivity index (χ0n) is 25.2. The molecule has 0 spiro atoms. The summed E-state index contributed by atoms with van der Waals surface area (Å²) in [6.45, 7) is 6.02. The molecule has 3 aromatic carbocycles. The lowest BCUT2D eigenvalue weighted by molar-refractivity contribution is -0.149. The Morgan fingerprint density at radius 2 is 1.51 bits per heavy atom. The predicted octanol–water partition coefficient (Wildman–Crippen LogP) is 6.41. The number of hydrogen-bond acceptors (Lipinski definition) is 8. The van der Waals surface area contributed by atoms with E-state index in [1.165, 1.54) is 6.92 Å². The molecule has 8 nitrogen and oxygen atoms in total. The van der Waals surface area contributed by atoms with Crippen molar-refractivity contribution in [1.82, 2.24) is 5.32 Å². The summed E-state index contributed by atoms with van der Waals surface area (Å²) in [6.07, 6.45) is 2.95. The lowest BCUT2D eigenvalue weighted by Gasteiger charge is -2.25. The molecule has 1 aliphatic carbocycles. The maximum Gasteiger partial charge on any atom is 0.314 e. The van der Waals surface area contributed by atoms with E-state index >= 15 is 0 Å². The number of carbonyl (C=O) groups excluding carboxylic acids is 2. The molecule has 1 saturated carbocycles. The van der Waals surface area contributed by atoms with Crippen molar-refractivity contribution in [3.63, 3.8) is 0 Å². The average Bonchev–Trinajstić information content (AvgIpc) is 3.77. The van der Waals surface area contributed by atoms with Crippen LogP contribution >= 0.6 is 0 Å². The van der Waals surface area contributed by atoms with Crippen LogP contribution in [0.5, 0.6) is 23.0 Å². The third kappa shape index (κ3) is 7.38. The molecule has 2 atom stereocenters. The first-order valence-corrected chi connectivity index (χ1v) is 14.9. The molecule has 0 saturated heterocycles. The van der Waals surface area contributed by atoms with Crippen molar-refractivity contribution in [3.8, 4) is 23.0 Å². The van der Waals surface area contributed by atoms with Crippen molar-refractivity contribution in [2.45, 2.75) is 58.6 Å². The second-order valence-corrected chi connectivity index (χ2v) is 10.8. The number of benzene rings is 3. The standard InChI is InChI=1S/C35H39NO7/c1-5-29(26-13-18-31-32(19-26)41-21-40-31)34(24-11-16-28(17-12-24)43-35(38)25-7-8-25)23-9-14-27(15-10-23)39-20-33(42-22(3)37)30(6-2)36-4/h9-19,25,30,33,36H,5-8,20-21H2,1-4H3. The maximum absolute atomic E-state index is 12.2. The minimum absolute atomic E-state index is 0.0157. The van der Waals surface area contributed by atoms with Crippen molar-refractivity contribution in [3.05, 3.63) is 83.4 Å². The van der Waals surface area contributed by atoms with Crippen LogP contribution in [0.25, 0.3) is 11.1 Å². The van der Waals surface area contributed by atoms with E-state index in [0.29, 0.717) is 11.5 Å². The lowest BCUT2D eigenvalue weighted by Crippen LogP contribution is -2.43. The van der Waals surface area contributed by atoms with Crippen LogP contribution in [-0.4, -0.2) is 44.5 Å². The molecule has 1 aliphatic heterocycles. The Bertz CT molecular complexity index is 1450. The molecular weight excluding hydrogens is 546 g/mol. The van der Waals surface area contributed by atoms with Gasteiger partial charge in [0.15, 0.2) is 17.6 Å². The van der Waals surface area contributed by atoms with E-state index in [4.69, 9.17) is 23.7 Å². The monoisotopic (exact) mass is 585 g/mol. The quantitative estimate of drug-likeness (QED) is 0.140. The first kappa shape index (κ1) is 30.2. The molecule has 1 N–H and O–H groups in total. The van der Waals surface area contributed by atoms with E-state index in [9.17, 15) is 9.59 Å². The van der Waals surface area contributed by atoms with Gasteiger partial charge in [0.1, 0.15) is 18.1 Å². The minimum atomic E-state index is -0.409. The highest BCUT2D eigenvalue weighted by Crippen LogP contribution is 2.40. The van der Waals surface area contributed by atoms with E-state index in [0.717, 1.165) is 65.0 Å². The van der Waals surface area contributed by atoms with Crippen LogP contribution in [0.2, 0.25) is 0 Å². The van der Waals surface area contributed by atoms with Crippen LogP contribution in [-0.2, 0) is 14.3 Å². The molecular formula is C35H39NO7. The molecule has 8 heteroatoms. The van der Waals surface area contributed by atoms with Gasteiger partial charge in [0.05, 0.1) is 5.92 Å². The molecule has 0 amide bonds. The zero-order chi connectivity index (χ0) is 30.3. The number of likely N-dealkylation sites (N-methyl/N-ethyl adjacent to an activating group) is 1. The fraction of sp³-hybridized carbons (Fsp3) is 0.371. The number of rotatable bonds is 13. The Hall–Kier alpha value is -4.30. The summed E-state index contributed by atoms with van der Waals surface area (Å²) in [7, 11) is 1.85. The molecule has 3 aromatic rings. The van der Waals surface area contributed by atoms with E-state index in [1.54, 1.807) is 0 Å². The largest absolute Gasteiger partial charge is 0.490 e. The van der Waals surface area contributed by atoms with E-state index in [-0.39, 0.29) is 37.3 Å². The van der Waals surface area contributed by atoms with Crippen molar-refractivity contribution < 1.29 is 33.3 Å². The Morgan fingerprint density at radius 1 is 0.884 bits per heavy atom. The Kier molecular flexibility index (Phi) is 9.67. The van der Waals surface area contributed by atoms with Crippen molar-refractivity contribution in [2.24, 2.45) is 5.92 Å². The smallest absolute Gasteiger partial charge is 0.314 e. The van der Waals surface area contributed by atoms with Gasteiger partial charge >= 0.3 is 11.9 Å². The molecule has 0 bridgehead atoms. The third-order valence-corrected chi connectivity index (χ3v) is 7.78. The van der Waals surface area contributed by atoms with E-state index < -0.39 is 6.10 Å². The molecule has 0 radical (unpaired) electrons. The van der Waals surface area contributed by atoms with Crippen molar-refractivity contribution >= 4 is 23.1 Å². The third-order valence-electron chi connectivity index (χ3n) is 7.78. The van der Waals surface area contributed by atoms with Crippen molar-refractivity contribution in [2.75, 3.05) is 20.4 Å². The number of hydrogen-bond donors (Lipinski definition) is 1. The highest BCUT2D eigenvalue weighted by molar-refractivity contribution is 5.99. The van der Waals surface area contributed by atoms with Crippen LogP contribution in [0.15, 0.2) is 66.7 Å². The van der Waals surface area contributed by atoms with Gasteiger partial charge in [-0.15, -0.1) is 0 Å². The number of ether oxygens (including phenoxy) is 5. The fourth-order valence-electron chi connectivity index (χ4n) is 5.33. The summed E-state index contributed by atoms with van der Waals surface area (Å²) < 4.78 is 28.4. The number of esters is 2. The second-order valence-electron chi connectivity index (χ2n) is 10.8. The molecule has 1 fully saturated rings. The summed E-state index contributed by atoms with van der Waals surface area (Å²) in [4.78, 5) is 23.9. The van der Waals surface area contributed by atoms with E-state index in [2.05, 4.69) is 18.3 Å². The average molecular weight is 586 g/mol. The second kappa shape index (κ2) is 13.8. The van der Waals surface area contributed by atoms with Crippen molar-refractivity contribution in [1.29, 1.82) is 0 Å². The maximum atomic E-state index is 12.2. The highest BCUT2D eigenvalue weighted by Gasteiger charge is 2.31. The molecule has 1 heterocycles. The number of allylic oxidation sites excluding steroid dienone is 1. The van der Waals surface area contributed by atoms with Gasteiger partial charge in [-0.1, -0.05) is 44.2 Å². The van der Waals surface area contributed by atoms with Gasteiger partial charge in [-0.2, -0.15) is 0 Å². The van der Waals surface area contributed by atoms with Gasteiger partial charge in [-0.3, -0.25) is 9.59 Å². The Morgan fingerprint density at radius 3 is 2.09 bits per heavy atom. The summed E-state index contributed by atoms with van der Waals surface area (Å²) in [6, 6.07) is 21.6. The summed E-state index contributed by atoms with van der Waals surface area (Å²) in [5.74, 6) is 2.21. The SMILES string of the molecule is CCC(=C(c1ccc(OCC(OC(C)=O)C(CC)NC)cc1)c1ccc(OC(=O)C2CC2)cc1)c1ccc2c(c1)OCO2. The molecule has 43 heavy (non-hydrogen) atoms. The highest BCUT2D eigenvalue weighted by atomic mass is 16.7. The Labute approximate surface area is 252 Å². The molecule has 5 rings (SSSR count). The van der Waals surface area contributed by atoms with Crippen LogP contribution in [0.3, 0.4) is 0 Å². The molecule has 226 valence electrons. The fourth-order valence-corrected chi connectivity index (χ4v) is 5.33. The van der Waals surface area contributed by atoms with E-state index in [1.807, 2.05) is 74.6 Å². The minimum Gasteiger partial charge on any atom is -0.490 e. The topological polar surface area (TPSA) is 92.3 Å².